The normalized spacial score (nSPS) is 13.1. The summed E-state index contributed by atoms with van der Waals surface area (Å²) >= 11 is 0. The van der Waals surface area contributed by atoms with Gasteiger partial charge >= 0.3 is 6.03 Å². The van der Waals surface area contributed by atoms with Gasteiger partial charge in [0.05, 0.1) is 0 Å². The van der Waals surface area contributed by atoms with Crippen LogP contribution in [0, 0.1) is 0 Å². The lowest BCUT2D eigenvalue weighted by Gasteiger charge is -2.26. The van der Waals surface area contributed by atoms with Gasteiger partial charge in [-0.15, -0.1) is 0 Å². The van der Waals surface area contributed by atoms with Gasteiger partial charge < -0.3 is 16.0 Å². The Morgan fingerprint density at radius 3 is 2.11 bits per heavy atom. The second-order valence-electron chi connectivity index (χ2n) is 5.66. The van der Waals surface area contributed by atoms with Crippen LogP contribution in [0.1, 0.15) is 54.4 Å². The van der Waals surface area contributed by atoms with Crippen LogP contribution in [0.2, 0.25) is 0 Å². The van der Waals surface area contributed by atoms with Crippen LogP contribution in [0.25, 0.3) is 0 Å². The molecule has 0 bridgehead atoms. The van der Waals surface area contributed by atoms with Gasteiger partial charge in [0.2, 0.25) is 5.91 Å². The lowest BCUT2D eigenvalue weighted by Crippen LogP contribution is -2.50. The summed E-state index contributed by atoms with van der Waals surface area (Å²) in [6.07, 6.45) is 1.14. The molecule has 0 aliphatic carbocycles. The van der Waals surface area contributed by atoms with Crippen LogP contribution >= 0.6 is 0 Å². The molecule has 0 aromatic heterocycles. The Hall–Kier alpha value is -1.26. The molecule has 0 aliphatic heterocycles. The summed E-state index contributed by atoms with van der Waals surface area (Å²) in [6.45, 7) is 11.6. The maximum absolute atomic E-state index is 11.7. The van der Waals surface area contributed by atoms with Crippen molar-refractivity contribution in [2.45, 2.75) is 72.0 Å². The van der Waals surface area contributed by atoms with Gasteiger partial charge in [-0.3, -0.25) is 4.79 Å². The molecular weight excluding hydrogens is 230 g/mol. The number of amides is 3. The smallest absolute Gasteiger partial charge is 0.315 e. The van der Waals surface area contributed by atoms with Crippen molar-refractivity contribution < 1.29 is 9.59 Å². The maximum Gasteiger partial charge on any atom is 0.315 e. The molecule has 106 valence electrons. The summed E-state index contributed by atoms with van der Waals surface area (Å²) in [5.74, 6) is -0.0486. The molecule has 18 heavy (non-hydrogen) atoms. The number of urea groups is 1. The van der Waals surface area contributed by atoms with Crippen molar-refractivity contribution in [3.63, 3.8) is 0 Å². The third kappa shape index (κ3) is 7.92. The van der Waals surface area contributed by atoms with Crippen LogP contribution in [-0.2, 0) is 4.79 Å². The molecule has 0 heterocycles. The van der Waals surface area contributed by atoms with E-state index in [-0.39, 0.29) is 36.0 Å². The molecule has 0 radical (unpaired) electrons. The molecule has 0 saturated heterocycles. The van der Waals surface area contributed by atoms with Crippen LogP contribution in [0.4, 0.5) is 4.79 Å². The molecule has 0 fully saturated rings. The quantitative estimate of drug-likeness (QED) is 0.679. The van der Waals surface area contributed by atoms with Crippen molar-refractivity contribution >= 4 is 11.9 Å². The highest BCUT2D eigenvalue weighted by atomic mass is 16.2. The van der Waals surface area contributed by atoms with Crippen LogP contribution in [0.5, 0.6) is 0 Å². The molecule has 3 amide bonds. The third-order valence-corrected chi connectivity index (χ3v) is 2.65. The van der Waals surface area contributed by atoms with E-state index in [9.17, 15) is 9.59 Å². The average molecular weight is 257 g/mol. The summed E-state index contributed by atoms with van der Waals surface area (Å²) in [5, 5.41) is 8.43. The molecular formula is C13H27N3O2. The Bertz CT molecular complexity index is 288. The van der Waals surface area contributed by atoms with Gasteiger partial charge in [-0.25, -0.2) is 4.79 Å². The van der Waals surface area contributed by atoms with Gasteiger partial charge in [0, 0.05) is 24.0 Å². The van der Waals surface area contributed by atoms with Gasteiger partial charge in [0.15, 0.2) is 0 Å². The first-order chi connectivity index (χ1) is 8.16. The number of hydrogen-bond donors (Lipinski definition) is 3. The largest absolute Gasteiger partial charge is 0.354 e. The van der Waals surface area contributed by atoms with E-state index >= 15 is 0 Å². The van der Waals surface area contributed by atoms with Gasteiger partial charge in [0.1, 0.15) is 0 Å². The first-order valence-electron chi connectivity index (χ1n) is 6.54. The van der Waals surface area contributed by atoms with Gasteiger partial charge in [0.25, 0.3) is 0 Å². The van der Waals surface area contributed by atoms with Crippen molar-refractivity contribution in [1.29, 1.82) is 0 Å². The summed E-state index contributed by atoms with van der Waals surface area (Å²) in [6, 6.07) is -0.291. The Labute approximate surface area is 110 Å². The zero-order valence-electron chi connectivity index (χ0n) is 12.4. The molecule has 1 atom stereocenters. The highest BCUT2D eigenvalue weighted by Crippen LogP contribution is 2.06. The SMILES string of the molecule is CCC(C)(C)NC(=O)N[C@@H](C)CC(=O)NC(C)C. The summed E-state index contributed by atoms with van der Waals surface area (Å²) in [4.78, 5) is 23.2. The Morgan fingerprint density at radius 1 is 1.11 bits per heavy atom. The fourth-order valence-electron chi connectivity index (χ4n) is 1.37. The minimum Gasteiger partial charge on any atom is -0.354 e. The number of carbonyl (C=O) groups excluding carboxylic acids is 2. The third-order valence-electron chi connectivity index (χ3n) is 2.65. The van der Waals surface area contributed by atoms with E-state index in [4.69, 9.17) is 0 Å². The molecule has 0 aromatic carbocycles. The molecule has 3 N–H and O–H groups in total. The minimum atomic E-state index is -0.232. The Kier molecular flexibility index (Phi) is 6.73. The molecule has 5 heteroatoms. The van der Waals surface area contributed by atoms with Gasteiger partial charge in [-0.2, -0.15) is 0 Å². The molecule has 0 aromatic rings. The van der Waals surface area contributed by atoms with E-state index in [0.717, 1.165) is 6.42 Å². The second-order valence-corrected chi connectivity index (χ2v) is 5.66. The van der Waals surface area contributed by atoms with E-state index in [2.05, 4.69) is 16.0 Å². The number of rotatable bonds is 6. The molecule has 0 unspecified atom stereocenters. The van der Waals surface area contributed by atoms with Crippen LogP contribution in [-0.4, -0.2) is 29.6 Å². The molecule has 5 nitrogen and oxygen atoms in total. The minimum absolute atomic E-state index is 0.0486. The van der Waals surface area contributed by atoms with E-state index < -0.39 is 0 Å². The highest BCUT2D eigenvalue weighted by Gasteiger charge is 2.19. The van der Waals surface area contributed by atoms with Crippen LogP contribution in [0.15, 0.2) is 0 Å². The summed E-state index contributed by atoms with van der Waals surface area (Å²) < 4.78 is 0. The topological polar surface area (TPSA) is 70.2 Å². The fraction of sp³-hybridized carbons (Fsp3) is 0.846. The number of carbonyl (C=O) groups is 2. The second kappa shape index (κ2) is 7.24. The fourth-order valence-corrected chi connectivity index (χ4v) is 1.37. The monoisotopic (exact) mass is 257 g/mol. The standard InChI is InChI=1S/C13H27N3O2/c1-7-13(5,6)16-12(18)15-10(4)8-11(17)14-9(2)3/h9-10H,7-8H2,1-6H3,(H,14,17)(H2,15,16,18)/t10-/m0/s1. The molecule has 0 aliphatic rings. The molecule has 0 saturated carbocycles. The summed E-state index contributed by atoms with van der Waals surface area (Å²) in [5.41, 5.74) is -0.232. The zero-order valence-corrected chi connectivity index (χ0v) is 12.4. The predicted octanol–water partition coefficient (Wildman–Crippen LogP) is 1.78. The number of nitrogens with one attached hydrogen (secondary N) is 3. The van der Waals surface area contributed by atoms with Crippen LogP contribution < -0.4 is 16.0 Å². The first kappa shape index (κ1) is 16.7. The lowest BCUT2D eigenvalue weighted by molar-refractivity contribution is -0.121. The van der Waals surface area contributed by atoms with Crippen molar-refractivity contribution in [2.24, 2.45) is 0 Å². The summed E-state index contributed by atoms with van der Waals surface area (Å²) in [7, 11) is 0. The van der Waals surface area contributed by atoms with Crippen molar-refractivity contribution in [3.05, 3.63) is 0 Å². The average Bonchev–Trinajstić information content (AvgIpc) is 2.14. The van der Waals surface area contributed by atoms with Crippen molar-refractivity contribution in [1.82, 2.24) is 16.0 Å². The van der Waals surface area contributed by atoms with E-state index in [1.165, 1.54) is 0 Å². The molecule has 0 spiro atoms. The van der Waals surface area contributed by atoms with Gasteiger partial charge in [-0.05, 0) is 41.0 Å². The predicted molar refractivity (Wildman–Crippen MR) is 73.4 cm³/mol. The number of hydrogen-bond acceptors (Lipinski definition) is 2. The first-order valence-corrected chi connectivity index (χ1v) is 6.54. The van der Waals surface area contributed by atoms with E-state index in [0.29, 0.717) is 0 Å². The molecule has 0 rings (SSSR count). The van der Waals surface area contributed by atoms with Crippen molar-refractivity contribution in [2.75, 3.05) is 0 Å². The zero-order chi connectivity index (χ0) is 14.3. The van der Waals surface area contributed by atoms with Crippen molar-refractivity contribution in [3.8, 4) is 0 Å². The maximum atomic E-state index is 11.7. The Balaban J connectivity index is 4.05. The van der Waals surface area contributed by atoms with E-state index in [1.807, 2.05) is 41.5 Å². The van der Waals surface area contributed by atoms with Gasteiger partial charge in [-0.1, -0.05) is 6.92 Å². The Morgan fingerprint density at radius 2 is 1.67 bits per heavy atom. The van der Waals surface area contributed by atoms with E-state index in [1.54, 1.807) is 0 Å². The van der Waals surface area contributed by atoms with Crippen LogP contribution in [0.3, 0.4) is 0 Å². The highest BCUT2D eigenvalue weighted by molar-refractivity contribution is 5.79. The lowest BCUT2D eigenvalue weighted by atomic mass is 10.0.